The van der Waals surface area contributed by atoms with Crippen LogP contribution in [-0.2, 0) is 17.8 Å². The van der Waals surface area contributed by atoms with Gasteiger partial charge in [0.1, 0.15) is 22.9 Å². The second-order valence-corrected chi connectivity index (χ2v) is 9.70. The van der Waals surface area contributed by atoms with Crippen LogP contribution in [0.3, 0.4) is 0 Å². The summed E-state index contributed by atoms with van der Waals surface area (Å²) < 4.78 is 16.5. The molecule has 1 aromatic carbocycles. The van der Waals surface area contributed by atoms with Crippen LogP contribution in [0.4, 0.5) is 16.3 Å². The molecule has 10 heteroatoms. The zero-order valence-corrected chi connectivity index (χ0v) is 21.1. The number of rotatable bonds is 9. The number of nitrogens with zero attached hydrogens (tertiary/aromatic N) is 3. The molecule has 1 unspecified atom stereocenters. The van der Waals surface area contributed by atoms with Crippen molar-refractivity contribution in [3.8, 4) is 11.5 Å². The first-order valence-electron chi connectivity index (χ1n) is 11.0. The Labute approximate surface area is 205 Å². The van der Waals surface area contributed by atoms with Crippen LogP contribution < -0.4 is 25.4 Å². The fraction of sp³-hybridized carbons (Fsp3) is 0.458. The van der Waals surface area contributed by atoms with Crippen molar-refractivity contribution in [2.75, 3.05) is 37.2 Å². The molecule has 184 valence electrons. The van der Waals surface area contributed by atoms with E-state index in [1.807, 2.05) is 38.5 Å². The van der Waals surface area contributed by atoms with Crippen LogP contribution in [0.25, 0.3) is 0 Å². The van der Waals surface area contributed by atoms with E-state index in [4.69, 9.17) is 24.9 Å². The Morgan fingerprint density at radius 2 is 2.03 bits per heavy atom. The standard InChI is InChI=1S/C24H33N5O4S/c1-24(2,3)33-23(30)29(13-16-6-7-18(31-4)10-21(16)32-5)22-9-8-19(25)20(28-22)12-26-11-17-14-34-15-27-17/h6-10,15,17,26H,11-14,25H2,1-5H3. The predicted molar refractivity (Wildman–Crippen MR) is 137 cm³/mol. The van der Waals surface area contributed by atoms with Gasteiger partial charge in [-0.2, -0.15) is 0 Å². The molecular weight excluding hydrogens is 454 g/mol. The van der Waals surface area contributed by atoms with Gasteiger partial charge in [-0.25, -0.2) is 9.78 Å². The third-order valence-electron chi connectivity index (χ3n) is 5.02. The van der Waals surface area contributed by atoms with Crippen molar-refractivity contribution in [2.45, 2.75) is 45.5 Å². The minimum absolute atomic E-state index is 0.194. The molecule has 0 spiro atoms. The van der Waals surface area contributed by atoms with Gasteiger partial charge in [-0.05, 0) is 45.0 Å². The van der Waals surface area contributed by atoms with Crippen LogP contribution >= 0.6 is 11.8 Å². The van der Waals surface area contributed by atoms with E-state index < -0.39 is 11.7 Å². The molecule has 2 aromatic rings. The smallest absolute Gasteiger partial charge is 0.416 e. The van der Waals surface area contributed by atoms with Crippen molar-refractivity contribution in [3.63, 3.8) is 0 Å². The molecule has 0 fully saturated rings. The Hall–Kier alpha value is -2.98. The highest BCUT2D eigenvalue weighted by molar-refractivity contribution is 8.12. The number of nitrogens with one attached hydrogen (secondary N) is 1. The summed E-state index contributed by atoms with van der Waals surface area (Å²) in [6.45, 7) is 6.86. The molecule has 2 heterocycles. The van der Waals surface area contributed by atoms with Gasteiger partial charge in [0, 0.05) is 30.5 Å². The number of amides is 1. The fourth-order valence-electron chi connectivity index (χ4n) is 3.30. The lowest BCUT2D eigenvalue weighted by atomic mass is 10.1. The fourth-order valence-corrected chi connectivity index (χ4v) is 4.07. The van der Waals surface area contributed by atoms with E-state index in [1.165, 1.54) is 4.90 Å². The molecule has 9 nitrogen and oxygen atoms in total. The maximum Gasteiger partial charge on any atom is 0.416 e. The number of nitrogens with two attached hydrogens (primary N) is 1. The molecule has 1 aromatic heterocycles. The lowest BCUT2D eigenvalue weighted by Gasteiger charge is -2.28. The number of benzene rings is 1. The second kappa shape index (κ2) is 11.4. The predicted octanol–water partition coefficient (Wildman–Crippen LogP) is 3.86. The van der Waals surface area contributed by atoms with E-state index in [0.717, 1.165) is 17.9 Å². The van der Waals surface area contributed by atoms with Crippen LogP contribution in [0.15, 0.2) is 35.3 Å². The number of hydrogen-bond donors (Lipinski definition) is 2. The number of thioether (sulfide) groups is 1. The number of aromatic nitrogens is 1. The monoisotopic (exact) mass is 487 g/mol. The van der Waals surface area contributed by atoms with Gasteiger partial charge in [-0.1, -0.05) is 0 Å². The Bertz CT molecular complexity index is 1020. The zero-order valence-electron chi connectivity index (χ0n) is 20.3. The molecule has 0 aliphatic carbocycles. The molecule has 1 aliphatic heterocycles. The number of ether oxygens (including phenoxy) is 3. The molecule has 1 atom stereocenters. The largest absolute Gasteiger partial charge is 0.497 e. The van der Waals surface area contributed by atoms with Crippen molar-refractivity contribution in [2.24, 2.45) is 4.99 Å². The second-order valence-electron chi connectivity index (χ2n) is 8.82. The van der Waals surface area contributed by atoms with Gasteiger partial charge >= 0.3 is 6.09 Å². The minimum atomic E-state index is -0.669. The first-order valence-corrected chi connectivity index (χ1v) is 12.1. The van der Waals surface area contributed by atoms with E-state index in [-0.39, 0.29) is 12.6 Å². The SMILES string of the molecule is COc1ccc(CN(C(=O)OC(C)(C)C)c2ccc(N)c(CNCC3CSC=N3)n2)c(OC)c1. The maximum atomic E-state index is 13.2. The summed E-state index contributed by atoms with van der Waals surface area (Å²) in [5, 5.41) is 3.36. The van der Waals surface area contributed by atoms with Crippen LogP contribution in [0.1, 0.15) is 32.0 Å². The number of pyridine rings is 1. The lowest BCUT2D eigenvalue weighted by Crippen LogP contribution is -2.37. The summed E-state index contributed by atoms with van der Waals surface area (Å²) >= 11 is 1.70. The molecule has 3 rings (SSSR count). The van der Waals surface area contributed by atoms with Gasteiger partial charge in [-0.3, -0.25) is 9.89 Å². The zero-order chi connectivity index (χ0) is 24.7. The summed E-state index contributed by atoms with van der Waals surface area (Å²) in [4.78, 5) is 23.8. The van der Waals surface area contributed by atoms with Crippen LogP contribution in [-0.4, -0.2) is 54.8 Å². The molecule has 0 saturated heterocycles. The highest BCUT2D eigenvalue weighted by Crippen LogP contribution is 2.29. The van der Waals surface area contributed by atoms with Gasteiger partial charge in [0.25, 0.3) is 0 Å². The Morgan fingerprint density at radius 3 is 2.68 bits per heavy atom. The summed E-state index contributed by atoms with van der Waals surface area (Å²) in [6, 6.07) is 9.17. The minimum Gasteiger partial charge on any atom is -0.497 e. The van der Waals surface area contributed by atoms with Gasteiger partial charge in [0.2, 0.25) is 0 Å². The third kappa shape index (κ3) is 7.01. The van der Waals surface area contributed by atoms with E-state index in [1.54, 1.807) is 44.2 Å². The van der Waals surface area contributed by atoms with E-state index >= 15 is 0 Å². The summed E-state index contributed by atoms with van der Waals surface area (Å²) in [5.41, 5.74) is 9.38. The van der Waals surface area contributed by atoms with E-state index in [0.29, 0.717) is 35.2 Å². The van der Waals surface area contributed by atoms with Gasteiger partial charge in [0.15, 0.2) is 0 Å². The van der Waals surface area contributed by atoms with Crippen molar-refractivity contribution in [3.05, 3.63) is 41.6 Å². The number of anilines is 2. The van der Waals surface area contributed by atoms with Crippen LogP contribution in [0.5, 0.6) is 11.5 Å². The van der Waals surface area contributed by atoms with Crippen molar-refractivity contribution < 1.29 is 19.0 Å². The van der Waals surface area contributed by atoms with Crippen molar-refractivity contribution in [1.29, 1.82) is 0 Å². The number of methoxy groups -OCH3 is 2. The first-order chi connectivity index (χ1) is 16.2. The average Bonchev–Trinajstić information content (AvgIpc) is 3.31. The van der Waals surface area contributed by atoms with Crippen molar-refractivity contribution in [1.82, 2.24) is 10.3 Å². The average molecular weight is 488 g/mol. The maximum absolute atomic E-state index is 13.2. The van der Waals surface area contributed by atoms with Gasteiger partial charge < -0.3 is 25.3 Å². The summed E-state index contributed by atoms with van der Waals surface area (Å²) in [5.74, 6) is 2.66. The molecule has 3 N–H and O–H groups in total. The molecular formula is C24H33N5O4S. The molecule has 1 amide bonds. The summed E-state index contributed by atoms with van der Waals surface area (Å²) in [6.07, 6.45) is -0.515. The first kappa shape index (κ1) is 25.6. The van der Waals surface area contributed by atoms with Crippen LogP contribution in [0, 0.1) is 0 Å². The molecule has 0 bridgehead atoms. The third-order valence-corrected chi connectivity index (χ3v) is 5.86. The highest BCUT2D eigenvalue weighted by Gasteiger charge is 2.26. The van der Waals surface area contributed by atoms with Gasteiger partial charge in [0.05, 0.1) is 43.7 Å². The molecule has 0 radical (unpaired) electrons. The molecule has 0 saturated carbocycles. The van der Waals surface area contributed by atoms with E-state index in [9.17, 15) is 4.79 Å². The number of hydrogen-bond acceptors (Lipinski definition) is 9. The lowest BCUT2D eigenvalue weighted by molar-refractivity contribution is 0.0576. The number of carbonyl (C=O) groups is 1. The highest BCUT2D eigenvalue weighted by atomic mass is 32.2. The Kier molecular flexibility index (Phi) is 8.62. The number of nitrogen functional groups attached to an aromatic ring is 1. The number of carbonyl (C=O) groups excluding carboxylic acids is 1. The summed E-state index contributed by atoms with van der Waals surface area (Å²) in [7, 11) is 3.17. The molecule has 1 aliphatic rings. The van der Waals surface area contributed by atoms with Crippen LogP contribution in [0.2, 0.25) is 0 Å². The normalized spacial score (nSPS) is 15.3. The van der Waals surface area contributed by atoms with Gasteiger partial charge in [-0.15, -0.1) is 11.8 Å². The number of aliphatic imine (C=N–C) groups is 1. The van der Waals surface area contributed by atoms with E-state index in [2.05, 4.69) is 10.3 Å². The quantitative estimate of drug-likeness (QED) is 0.549. The Balaban J connectivity index is 1.86. The van der Waals surface area contributed by atoms with Crippen molar-refractivity contribution >= 4 is 34.9 Å². The Morgan fingerprint density at radius 1 is 1.24 bits per heavy atom. The molecule has 34 heavy (non-hydrogen) atoms. The topological polar surface area (TPSA) is 111 Å².